The van der Waals surface area contributed by atoms with E-state index in [1.807, 2.05) is 0 Å². The molecule has 0 saturated heterocycles. The van der Waals surface area contributed by atoms with Gasteiger partial charge in [0.2, 0.25) is 10.0 Å². The molecule has 0 aliphatic carbocycles. The number of nitrogens with one attached hydrogen (secondary N) is 1. The van der Waals surface area contributed by atoms with Gasteiger partial charge in [0.05, 0.1) is 10.5 Å². The first kappa shape index (κ1) is 16.0. The smallest absolute Gasteiger partial charge is 0.240 e. The van der Waals surface area contributed by atoms with Crippen LogP contribution < -0.4 is 4.72 Å². The van der Waals surface area contributed by atoms with Crippen molar-refractivity contribution in [2.45, 2.75) is 17.4 Å². The van der Waals surface area contributed by atoms with E-state index in [-0.39, 0.29) is 11.4 Å². The molecular weight excluding hydrogens is 271 g/mol. The van der Waals surface area contributed by atoms with Gasteiger partial charge in [-0.05, 0) is 39.2 Å². The normalized spacial score (nSPS) is 15.5. The number of hydrogen-bond donors (Lipinski definition) is 2. The average Bonchev–Trinajstić information content (AvgIpc) is 2.25. The van der Waals surface area contributed by atoms with Crippen LogP contribution in [0, 0.1) is 5.82 Å². The van der Waals surface area contributed by atoms with Gasteiger partial charge >= 0.3 is 0 Å². The predicted molar refractivity (Wildman–Crippen MR) is 70.8 cm³/mol. The minimum Gasteiger partial charge on any atom is -0.387 e. The number of nitrogens with zero attached hydrogens (tertiary/aromatic N) is 1. The molecule has 0 aliphatic rings. The summed E-state index contributed by atoms with van der Waals surface area (Å²) in [6.45, 7) is 1.68. The molecule has 0 aliphatic heterocycles. The second-order valence-electron chi connectivity index (χ2n) is 5.02. The van der Waals surface area contributed by atoms with Gasteiger partial charge in [-0.3, -0.25) is 0 Å². The van der Waals surface area contributed by atoms with Crippen LogP contribution in [0.1, 0.15) is 6.92 Å². The maximum atomic E-state index is 13.0. The third-order valence-corrected chi connectivity index (χ3v) is 3.81. The van der Waals surface area contributed by atoms with Crippen LogP contribution >= 0.6 is 0 Å². The van der Waals surface area contributed by atoms with Crippen LogP contribution in [0.3, 0.4) is 0 Å². The molecule has 0 spiro atoms. The SMILES string of the molecule is CN(C)CC(C)(O)CNS(=O)(=O)c1cccc(F)c1. The number of rotatable bonds is 6. The van der Waals surface area contributed by atoms with E-state index < -0.39 is 21.4 Å². The minimum absolute atomic E-state index is 0.149. The highest BCUT2D eigenvalue weighted by molar-refractivity contribution is 7.89. The summed E-state index contributed by atoms with van der Waals surface area (Å²) in [4.78, 5) is 1.59. The van der Waals surface area contributed by atoms with E-state index in [1.165, 1.54) is 25.1 Å². The quantitative estimate of drug-likeness (QED) is 0.796. The molecular formula is C12H19FN2O3S. The molecule has 0 aromatic heterocycles. The average molecular weight is 290 g/mol. The zero-order valence-corrected chi connectivity index (χ0v) is 12.0. The molecule has 0 bridgehead atoms. The van der Waals surface area contributed by atoms with Crippen LogP contribution in [0.25, 0.3) is 0 Å². The molecule has 0 amide bonds. The van der Waals surface area contributed by atoms with Crippen molar-refractivity contribution in [3.8, 4) is 0 Å². The molecule has 0 saturated carbocycles. The molecule has 1 aromatic rings. The standard InChI is InChI=1S/C12H19FN2O3S/c1-12(16,9-15(2)3)8-14-19(17,18)11-6-4-5-10(13)7-11/h4-7,14,16H,8-9H2,1-3H3. The molecule has 0 heterocycles. The topological polar surface area (TPSA) is 69.6 Å². The van der Waals surface area contributed by atoms with Crippen molar-refractivity contribution >= 4 is 10.0 Å². The second kappa shape index (κ2) is 5.96. The van der Waals surface area contributed by atoms with E-state index in [0.717, 1.165) is 6.07 Å². The Bertz CT molecular complexity index is 530. The van der Waals surface area contributed by atoms with Crippen molar-refractivity contribution in [3.63, 3.8) is 0 Å². The lowest BCUT2D eigenvalue weighted by Gasteiger charge is -2.27. The maximum Gasteiger partial charge on any atom is 0.240 e. The lowest BCUT2D eigenvalue weighted by Crippen LogP contribution is -2.47. The van der Waals surface area contributed by atoms with Crippen LogP contribution in [0.15, 0.2) is 29.2 Å². The third kappa shape index (κ3) is 5.23. The van der Waals surface area contributed by atoms with Gasteiger partial charge in [0.25, 0.3) is 0 Å². The summed E-state index contributed by atoms with van der Waals surface area (Å²) in [6, 6.07) is 4.72. The molecule has 1 aromatic carbocycles. The van der Waals surface area contributed by atoms with E-state index in [9.17, 15) is 17.9 Å². The number of benzene rings is 1. The van der Waals surface area contributed by atoms with Gasteiger partial charge in [0.1, 0.15) is 5.82 Å². The Morgan fingerprint density at radius 1 is 1.42 bits per heavy atom. The highest BCUT2D eigenvalue weighted by atomic mass is 32.2. The first-order valence-corrected chi connectivity index (χ1v) is 7.23. The van der Waals surface area contributed by atoms with Gasteiger partial charge in [0, 0.05) is 13.1 Å². The Hall–Kier alpha value is -1.02. The fraction of sp³-hybridized carbons (Fsp3) is 0.500. The van der Waals surface area contributed by atoms with E-state index in [4.69, 9.17) is 0 Å². The van der Waals surface area contributed by atoms with Crippen molar-refractivity contribution in [2.75, 3.05) is 27.2 Å². The van der Waals surface area contributed by atoms with E-state index in [2.05, 4.69) is 4.72 Å². The summed E-state index contributed by atoms with van der Waals surface area (Å²) < 4.78 is 39.1. The molecule has 1 atom stereocenters. The van der Waals surface area contributed by atoms with Gasteiger partial charge in [-0.1, -0.05) is 6.07 Å². The van der Waals surface area contributed by atoms with Gasteiger partial charge in [-0.25, -0.2) is 17.5 Å². The van der Waals surface area contributed by atoms with Crippen molar-refractivity contribution < 1.29 is 17.9 Å². The number of likely N-dealkylation sites (N-methyl/N-ethyl adjacent to an activating group) is 1. The molecule has 7 heteroatoms. The minimum atomic E-state index is -3.82. The van der Waals surface area contributed by atoms with E-state index in [0.29, 0.717) is 6.54 Å². The number of sulfonamides is 1. The first-order chi connectivity index (χ1) is 8.62. The van der Waals surface area contributed by atoms with Crippen LogP contribution in [0.2, 0.25) is 0 Å². The second-order valence-corrected chi connectivity index (χ2v) is 6.78. The summed E-state index contributed by atoms with van der Waals surface area (Å²) in [6.07, 6.45) is 0. The zero-order chi connectivity index (χ0) is 14.7. The Morgan fingerprint density at radius 3 is 2.58 bits per heavy atom. The number of aliphatic hydroxyl groups is 1. The van der Waals surface area contributed by atoms with Crippen molar-refractivity contribution in [3.05, 3.63) is 30.1 Å². The maximum absolute atomic E-state index is 13.0. The molecule has 5 nitrogen and oxygen atoms in total. The molecule has 19 heavy (non-hydrogen) atoms. The summed E-state index contributed by atoms with van der Waals surface area (Å²) in [5.41, 5.74) is -1.20. The zero-order valence-electron chi connectivity index (χ0n) is 11.2. The van der Waals surface area contributed by atoms with E-state index in [1.54, 1.807) is 19.0 Å². The molecule has 1 rings (SSSR count). The third-order valence-electron chi connectivity index (χ3n) is 2.41. The first-order valence-electron chi connectivity index (χ1n) is 5.75. The van der Waals surface area contributed by atoms with Crippen molar-refractivity contribution in [1.29, 1.82) is 0 Å². The molecule has 0 fully saturated rings. The van der Waals surface area contributed by atoms with Crippen LogP contribution in [0.4, 0.5) is 4.39 Å². The van der Waals surface area contributed by atoms with Gasteiger partial charge < -0.3 is 10.0 Å². The number of hydrogen-bond acceptors (Lipinski definition) is 4. The highest BCUT2D eigenvalue weighted by Crippen LogP contribution is 2.11. The van der Waals surface area contributed by atoms with Crippen LogP contribution in [-0.4, -0.2) is 51.2 Å². The van der Waals surface area contributed by atoms with Crippen LogP contribution in [0.5, 0.6) is 0 Å². The lowest BCUT2D eigenvalue weighted by atomic mass is 10.1. The Kier molecular flexibility index (Phi) is 5.03. The summed E-state index contributed by atoms with van der Waals surface area (Å²) >= 11 is 0. The molecule has 108 valence electrons. The molecule has 0 radical (unpaired) electrons. The van der Waals surface area contributed by atoms with E-state index >= 15 is 0 Å². The Balaban J connectivity index is 2.76. The van der Waals surface area contributed by atoms with Crippen molar-refractivity contribution in [2.24, 2.45) is 0 Å². The number of halogens is 1. The fourth-order valence-electron chi connectivity index (χ4n) is 1.71. The van der Waals surface area contributed by atoms with Gasteiger partial charge in [-0.2, -0.15) is 0 Å². The van der Waals surface area contributed by atoms with Gasteiger partial charge in [0.15, 0.2) is 0 Å². The monoisotopic (exact) mass is 290 g/mol. The molecule has 2 N–H and O–H groups in total. The predicted octanol–water partition coefficient (Wildman–Crippen LogP) is 0.417. The largest absolute Gasteiger partial charge is 0.387 e. The lowest BCUT2D eigenvalue weighted by molar-refractivity contribution is 0.0386. The Morgan fingerprint density at radius 2 is 2.05 bits per heavy atom. The Labute approximate surface area is 113 Å². The fourth-order valence-corrected chi connectivity index (χ4v) is 2.90. The summed E-state index contributed by atoms with van der Waals surface area (Å²) in [5, 5.41) is 10.0. The summed E-state index contributed by atoms with van der Waals surface area (Å²) in [7, 11) is -0.274. The highest BCUT2D eigenvalue weighted by Gasteiger charge is 2.25. The molecule has 1 unspecified atom stereocenters. The van der Waals surface area contributed by atoms with Crippen molar-refractivity contribution in [1.82, 2.24) is 9.62 Å². The summed E-state index contributed by atoms with van der Waals surface area (Å²) in [5.74, 6) is -0.622. The van der Waals surface area contributed by atoms with Gasteiger partial charge in [-0.15, -0.1) is 0 Å². The van der Waals surface area contributed by atoms with Crippen LogP contribution in [-0.2, 0) is 10.0 Å².